The van der Waals surface area contributed by atoms with Gasteiger partial charge in [0.2, 0.25) is 5.91 Å². The lowest BCUT2D eigenvalue weighted by molar-refractivity contribution is -0.124. The van der Waals surface area contributed by atoms with E-state index >= 15 is 0 Å². The second-order valence-electron chi connectivity index (χ2n) is 4.18. The molecule has 0 aliphatic heterocycles. The molecule has 2 atom stereocenters. The molecular formula is C11H22N2O3. The first-order valence-corrected chi connectivity index (χ1v) is 5.57. The van der Waals surface area contributed by atoms with Gasteiger partial charge in [-0.15, -0.1) is 0 Å². The van der Waals surface area contributed by atoms with Crippen LogP contribution in [0.1, 0.15) is 34.1 Å². The fourth-order valence-corrected chi connectivity index (χ4v) is 1.16. The third-order valence-corrected chi connectivity index (χ3v) is 2.41. The Morgan fingerprint density at radius 3 is 2.12 bits per heavy atom. The van der Waals surface area contributed by atoms with Crippen LogP contribution >= 0.6 is 0 Å². The predicted molar refractivity (Wildman–Crippen MR) is 62.1 cm³/mol. The SMILES string of the molecule is CC[C@@H](C)NC(=O)[C@@H](NC(=O)OC)C(C)C. The van der Waals surface area contributed by atoms with Crippen LogP contribution in [-0.2, 0) is 9.53 Å². The van der Waals surface area contributed by atoms with Gasteiger partial charge in [0.25, 0.3) is 0 Å². The van der Waals surface area contributed by atoms with Gasteiger partial charge < -0.3 is 15.4 Å². The molecule has 0 aromatic rings. The molecule has 0 heterocycles. The van der Waals surface area contributed by atoms with Crippen LogP contribution in [0.4, 0.5) is 4.79 Å². The van der Waals surface area contributed by atoms with E-state index in [9.17, 15) is 9.59 Å². The average Bonchev–Trinajstić information content (AvgIpc) is 2.24. The lowest BCUT2D eigenvalue weighted by atomic mass is 10.0. The third kappa shape index (κ3) is 5.00. The molecule has 0 aliphatic carbocycles. The van der Waals surface area contributed by atoms with Gasteiger partial charge in [-0.3, -0.25) is 4.79 Å². The van der Waals surface area contributed by atoms with Crippen molar-refractivity contribution in [3.63, 3.8) is 0 Å². The molecule has 16 heavy (non-hydrogen) atoms. The normalized spacial score (nSPS) is 14.1. The number of alkyl carbamates (subject to hydrolysis) is 1. The zero-order valence-corrected chi connectivity index (χ0v) is 10.7. The maximum atomic E-state index is 11.8. The van der Waals surface area contributed by atoms with E-state index in [1.54, 1.807) is 0 Å². The molecule has 0 aliphatic rings. The highest BCUT2D eigenvalue weighted by Gasteiger charge is 2.24. The lowest BCUT2D eigenvalue weighted by Gasteiger charge is -2.22. The summed E-state index contributed by atoms with van der Waals surface area (Å²) in [5.41, 5.74) is 0. The molecule has 0 saturated heterocycles. The maximum Gasteiger partial charge on any atom is 0.407 e. The second-order valence-corrected chi connectivity index (χ2v) is 4.18. The van der Waals surface area contributed by atoms with Crippen molar-refractivity contribution in [1.29, 1.82) is 0 Å². The Morgan fingerprint density at radius 2 is 1.75 bits per heavy atom. The zero-order chi connectivity index (χ0) is 12.7. The van der Waals surface area contributed by atoms with Crippen LogP contribution in [0.15, 0.2) is 0 Å². The van der Waals surface area contributed by atoms with Gasteiger partial charge in [0.15, 0.2) is 0 Å². The van der Waals surface area contributed by atoms with Crippen LogP contribution in [0.3, 0.4) is 0 Å². The van der Waals surface area contributed by atoms with Crippen LogP contribution in [0, 0.1) is 5.92 Å². The first-order valence-electron chi connectivity index (χ1n) is 5.57. The standard InChI is InChI=1S/C11H22N2O3/c1-6-8(4)12-10(14)9(7(2)3)13-11(15)16-5/h7-9H,6H2,1-5H3,(H,12,14)(H,13,15)/t8-,9+/m1/s1. The molecule has 0 fully saturated rings. The molecular weight excluding hydrogens is 208 g/mol. The molecule has 0 aromatic heterocycles. The Labute approximate surface area is 96.9 Å². The Balaban J connectivity index is 4.41. The van der Waals surface area contributed by atoms with Gasteiger partial charge in [-0.2, -0.15) is 0 Å². The monoisotopic (exact) mass is 230 g/mol. The number of ether oxygens (including phenoxy) is 1. The molecule has 5 heteroatoms. The summed E-state index contributed by atoms with van der Waals surface area (Å²) in [4.78, 5) is 22.9. The smallest absolute Gasteiger partial charge is 0.407 e. The highest BCUT2D eigenvalue weighted by atomic mass is 16.5. The summed E-state index contributed by atoms with van der Waals surface area (Å²) in [7, 11) is 1.28. The second kappa shape index (κ2) is 7.09. The molecule has 0 bridgehead atoms. The Morgan fingerprint density at radius 1 is 1.19 bits per heavy atom. The van der Waals surface area contributed by atoms with Crippen molar-refractivity contribution in [3.05, 3.63) is 0 Å². The van der Waals surface area contributed by atoms with Crippen LogP contribution in [0.5, 0.6) is 0 Å². The topological polar surface area (TPSA) is 67.4 Å². The Bertz CT molecular complexity index is 241. The minimum absolute atomic E-state index is 0.0168. The van der Waals surface area contributed by atoms with Crippen molar-refractivity contribution in [3.8, 4) is 0 Å². The van der Waals surface area contributed by atoms with Gasteiger partial charge in [0, 0.05) is 6.04 Å². The molecule has 0 saturated carbocycles. The summed E-state index contributed by atoms with van der Waals surface area (Å²) in [5.74, 6) is -0.155. The summed E-state index contributed by atoms with van der Waals surface area (Å²) in [6.45, 7) is 7.66. The van der Waals surface area contributed by atoms with Crippen molar-refractivity contribution in [2.24, 2.45) is 5.92 Å². The molecule has 0 rings (SSSR count). The van der Waals surface area contributed by atoms with Crippen molar-refractivity contribution in [2.75, 3.05) is 7.11 Å². The number of hydrogen-bond donors (Lipinski definition) is 2. The maximum absolute atomic E-state index is 11.8. The fourth-order valence-electron chi connectivity index (χ4n) is 1.16. The van der Waals surface area contributed by atoms with Gasteiger partial charge >= 0.3 is 6.09 Å². The number of carbonyl (C=O) groups is 2. The van der Waals surface area contributed by atoms with Gasteiger partial charge in [-0.05, 0) is 19.3 Å². The quantitative estimate of drug-likeness (QED) is 0.747. The van der Waals surface area contributed by atoms with Crippen LogP contribution in [0.2, 0.25) is 0 Å². The minimum atomic E-state index is -0.585. The fraction of sp³-hybridized carbons (Fsp3) is 0.818. The van der Waals surface area contributed by atoms with E-state index in [0.29, 0.717) is 0 Å². The molecule has 94 valence electrons. The van der Waals surface area contributed by atoms with E-state index in [1.807, 2.05) is 27.7 Å². The van der Waals surface area contributed by atoms with E-state index in [2.05, 4.69) is 15.4 Å². The Kier molecular flexibility index (Phi) is 6.53. The molecule has 0 spiro atoms. The van der Waals surface area contributed by atoms with E-state index < -0.39 is 12.1 Å². The summed E-state index contributed by atoms with van der Waals surface area (Å²) in [5, 5.41) is 5.35. The number of amides is 2. The average molecular weight is 230 g/mol. The van der Waals surface area contributed by atoms with Crippen molar-refractivity contribution in [1.82, 2.24) is 10.6 Å². The summed E-state index contributed by atoms with van der Waals surface area (Å²) in [6.07, 6.45) is 0.271. The number of carbonyl (C=O) groups excluding carboxylic acids is 2. The first-order chi connectivity index (χ1) is 7.42. The first kappa shape index (κ1) is 14.7. The van der Waals surface area contributed by atoms with Crippen LogP contribution < -0.4 is 10.6 Å². The van der Waals surface area contributed by atoms with Crippen LogP contribution in [-0.4, -0.2) is 31.2 Å². The summed E-state index contributed by atoms with van der Waals surface area (Å²) >= 11 is 0. The van der Waals surface area contributed by atoms with E-state index in [-0.39, 0.29) is 17.9 Å². The van der Waals surface area contributed by atoms with Gasteiger partial charge in [0.1, 0.15) is 6.04 Å². The minimum Gasteiger partial charge on any atom is -0.453 e. The Hall–Kier alpha value is -1.26. The predicted octanol–water partition coefficient (Wildman–Crippen LogP) is 1.28. The van der Waals surface area contributed by atoms with Gasteiger partial charge in [-0.25, -0.2) is 4.79 Å². The molecule has 0 aromatic carbocycles. The van der Waals surface area contributed by atoms with Crippen molar-refractivity contribution >= 4 is 12.0 Å². The van der Waals surface area contributed by atoms with Crippen molar-refractivity contribution < 1.29 is 14.3 Å². The molecule has 2 N–H and O–H groups in total. The summed E-state index contributed by atoms with van der Waals surface area (Å²) < 4.78 is 4.48. The number of methoxy groups -OCH3 is 1. The third-order valence-electron chi connectivity index (χ3n) is 2.41. The number of hydrogen-bond acceptors (Lipinski definition) is 3. The van der Waals surface area contributed by atoms with Gasteiger partial charge in [-0.1, -0.05) is 20.8 Å². The largest absolute Gasteiger partial charge is 0.453 e. The highest BCUT2D eigenvalue weighted by Crippen LogP contribution is 2.03. The van der Waals surface area contributed by atoms with E-state index in [4.69, 9.17) is 0 Å². The van der Waals surface area contributed by atoms with Crippen LogP contribution in [0.25, 0.3) is 0 Å². The molecule has 0 radical (unpaired) electrons. The van der Waals surface area contributed by atoms with Gasteiger partial charge in [0.05, 0.1) is 7.11 Å². The van der Waals surface area contributed by atoms with E-state index in [1.165, 1.54) is 7.11 Å². The van der Waals surface area contributed by atoms with Crippen molar-refractivity contribution in [2.45, 2.75) is 46.2 Å². The highest BCUT2D eigenvalue weighted by molar-refractivity contribution is 5.86. The number of nitrogens with one attached hydrogen (secondary N) is 2. The zero-order valence-electron chi connectivity index (χ0n) is 10.7. The molecule has 2 amide bonds. The molecule has 0 unspecified atom stereocenters. The summed E-state index contributed by atoms with van der Waals surface area (Å²) in [6, 6.07) is -0.449. The molecule has 5 nitrogen and oxygen atoms in total. The number of rotatable bonds is 5. The lowest BCUT2D eigenvalue weighted by Crippen LogP contribution is -2.51. The van der Waals surface area contributed by atoms with E-state index in [0.717, 1.165) is 6.42 Å².